The fourth-order valence-corrected chi connectivity index (χ4v) is 5.06. The summed E-state index contributed by atoms with van der Waals surface area (Å²) in [6.45, 7) is 1.89. The van der Waals surface area contributed by atoms with Crippen LogP contribution in [0.1, 0.15) is 21.7 Å². The predicted octanol–water partition coefficient (Wildman–Crippen LogP) is 3.89. The third-order valence-electron chi connectivity index (χ3n) is 5.21. The van der Waals surface area contributed by atoms with Crippen molar-refractivity contribution >= 4 is 43.2 Å². The van der Waals surface area contributed by atoms with E-state index in [-0.39, 0.29) is 11.4 Å². The van der Waals surface area contributed by atoms with Gasteiger partial charge in [0.1, 0.15) is 0 Å². The number of thiazole rings is 1. The first kappa shape index (κ1) is 22.8. The topological polar surface area (TPSA) is 133 Å². The number of nitrogens with one attached hydrogen (secondary N) is 1. The molecule has 0 atom stereocenters. The molecule has 0 spiro atoms. The smallest absolute Gasteiger partial charge is 0.276 e. The Morgan fingerprint density at radius 2 is 1.91 bits per heavy atom. The van der Waals surface area contributed by atoms with Gasteiger partial charge in [-0.1, -0.05) is 24.3 Å². The second kappa shape index (κ2) is 9.02. The van der Waals surface area contributed by atoms with Gasteiger partial charge in [-0.3, -0.25) is 4.79 Å². The van der Waals surface area contributed by atoms with Gasteiger partial charge in [-0.2, -0.15) is 5.10 Å². The van der Waals surface area contributed by atoms with Crippen molar-refractivity contribution in [2.75, 3.05) is 5.32 Å². The van der Waals surface area contributed by atoms with Crippen LogP contribution in [0.3, 0.4) is 0 Å². The Morgan fingerprint density at radius 3 is 2.71 bits per heavy atom. The molecule has 0 unspecified atom stereocenters. The average Bonchev–Trinajstić information content (AvgIpc) is 3.45. The van der Waals surface area contributed by atoms with Crippen LogP contribution in [-0.4, -0.2) is 34.1 Å². The van der Waals surface area contributed by atoms with Crippen LogP contribution >= 0.6 is 11.3 Å². The van der Waals surface area contributed by atoms with Crippen molar-refractivity contribution in [1.29, 1.82) is 0 Å². The van der Waals surface area contributed by atoms with Crippen molar-refractivity contribution in [2.24, 2.45) is 5.14 Å². The van der Waals surface area contributed by atoms with Crippen molar-refractivity contribution in [3.63, 3.8) is 0 Å². The summed E-state index contributed by atoms with van der Waals surface area (Å²) in [6.07, 6.45) is 0. The number of anilines is 1. The van der Waals surface area contributed by atoms with E-state index < -0.39 is 15.9 Å². The molecule has 176 valence electrons. The number of fused-ring (bicyclic) bond motifs is 1. The molecule has 3 heterocycles. The predicted molar refractivity (Wildman–Crippen MR) is 136 cm³/mol. The molecule has 0 aliphatic rings. The molecule has 0 aliphatic carbocycles. The molecular formula is C24H20N6O3S2. The number of nitrogens with two attached hydrogens (primary N) is 1. The Hall–Kier alpha value is -3.93. The number of benzene rings is 2. The van der Waals surface area contributed by atoms with Crippen molar-refractivity contribution in [1.82, 2.24) is 19.7 Å². The number of pyridine rings is 1. The van der Waals surface area contributed by atoms with Gasteiger partial charge in [-0.15, -0.1) is 11.3 Å². The number of hydrogen-bond acceptors (Lipinski definition) is 7. The maximum absolute atomic E-state index is 13.1. The lowest BCUT2D eigenvalue weighted by molar-refractivity contribution is 0.102. The lowest BCUT2D eigenvalue weighted by Gasteiger charge is -2.07. The molecule has 9 nitrogen and oxygen atoms in total. The second-order valence-corrected chi connectivity index (χ2v) is 10.5. The lowest BCUT2D eigenvalue weighted by atomic mass is 10.1. The summed E-state index contributed by atoms with van der Waals surface area (Å²) in [5.41, 5.74) is 6.17. The van der Waals surface area contributed by atoms with Gasteiger partial charge in [0.05, 0.1) is 27.2 Å². The Kier molecular flexibility index (Phi) is 5.89. The molecule has 0 saturated carbocycles. The second-order valence-electron chi connectivity index (χ2n) is 7.96. The largest absolute Gasteiger partial charge is 0.321 e. The molecule has 5 aromatic rings. The van der Waals surface area contributed by atoms with Crippen LogP contribution in [0.5, 0.6) is 0 Å². The van der Waals surface area contributed by atoms with Crippen molar-refractivity contribution in [2.45, 2.75) is 12.7 Å². The minimum Gasteiger partial charge on any atom is -0.321 e. The highest BCUT2D eigenvalue weighted by Crippen LogP contribution is 2.29. The summed E-state index contributed by atoms with van der Waals surface area (Å²) in [6, 6.07) is 19.7. The van der Waals surface area contributed by atoms with Gasteiger partial charge in [-0.25, -0.2) is 28.2 Å². The van der Waals surface area contributed by atoms with Gasteiger partial charge in [-0.05, 0) is 55.0 Å². The van der Waals surface area contributed by atoms with Gasteiger partial charge in [0.2, 0.25) is 10.0 Å². The molecule has 3 N–H and O–H groups in total. The van der Waals surface area contributed by atoms with Gasteiger partial charge >= 0.3 is 0 Å². The first-order valence-corrected chi connectivity index (χ1v) is 13.1. The Bertz CT molecular complexity index is 1670. The zero-order chi connectivity index (χ0) is 24.6. The number of aryl methyl sites for hydroxylation is 1. The van der Waals surface area contributed by atoms with E-state index in [9.17, 15) is 13.2 Å². The Balaban J connectivity index is 1.53. The van der Waals surface area contributed by atoms with Crippen LogP contribution in [0.25, 0.3) is 27.3 Å². The van der Waals surface area contributed by atoms with E-state index in [1.165, 1.54) is 11.3 Å². The Labute approximate surface area is 205 Å². The summed E-state index contributed by atoms with van der Waals surface area (Å²) in [5.74, 6) is -0.183. The normalized spacial score (nSPS) is 11.6. The minimum atomic E-state index is -3.69. The monoisotopic (exact) mass is 504 g/mol. The first-order valence-electron chi connectivity index (χ1n) is 10.5. The Morgan fingerprint density at radius 1 is 1.09 bits per heavy atom. The molecule has 0 bridgehead atoms. The summed E-state index contributed by atoms with van der Waals surface area (Å²) in [4.78, 5) is 22.0. The highest BCUT2D eigenvalue weighted by atomic mass is 32.2. The number of amides is 1. The van der Waals surface area contributed by atoms with Crippen molar-refractivity contribution in [3.05, 3.63) is 89.2 Å². The van der Waals surface area contributed by atoms with Gasteiger partial charge in [0.15, 0.2) is 11.5 Å². The molecular weight excluding hydrogens is 484 g/mol. The molecule has 1 amide bonds. The molecule has 0 aliphatic heterocycles. The summed E-state index contributed by atoms with van der Waals surface area (Å²) in [5, 5.41) is 12.5. The third-order valence-corrected chi connectivity index (χ3v) is 6.74. The van der Waals surface area contributed by atoms with E-state index in [4.69, 9.17) is 5.14 Å². The van der Waals surface area contributed by atoms with Crippen LogP contribution in [-0.2, 0) is 15.8 Å². The molecule has 3 aromatic heterocycles. The summed E-state index contributed by atoms with van der Waals surface area (Å²) < 4.78 is 25.5. The number of aromatic nitrogens is 4. The number of sulfonamides is 1. The summed E-state index contributed by atoms with van der Waals surface area (Å²) in [7, 11) is -3.69. The van der Waals surface area contributed by atoms with Crippen molar-refractivity contribution in [3.8, 4) is 17.1 Å². The average molecular weight is 505 g/mol. The number of carbonyl (C=O) groups excluding carboxylic acids is 1. The number of hydrogen-bond donors (Lipinski definition) is 2. The summed E-state index contributed by atoms with van der Waals surface area (Å²) >= 11 is 1.53. The van der Waals surface area contributed by atoms with E-state index in [0.717, 1.165) is 21.5 Å². The van der Waals surface area contributed by atoms with Gasteiger partial charge < -0.3 is 5.32 Å². The van der Waals surface area contributed by atoms with Crippen LogP contribution in [0.2, 0.25) is 0 Å². The van der Waals surface area contributed by atoms with Crippen LogP contribution in [0, 0.1) is 6.92 Å². The van der Waals surface area contributed by atoms with Gasteiger partial charge in [0.25, 0.3) is 5.91 Å². The maximum Gasteiger partial charge on any atom is 0.276 e. The molecule has 0 saturated heterocycles. The first-order chi connectivity index (χ1) is 16.7. The van der Waals surface area contributed by atoms with E-state index in [1.54, 1.807) is 40.5 Å². The zero-order valence-corrected chi connectivity index (χ0v) is 20.2. The quantitative estimate of drug-likeness (QED) is 0.360. The van der Waals surface area contributed by atoms with E-state index >= 15 is 0 Å². The fourth-order valence-electron chi connectivity index (χ4n) is 3.70. The zero-order valence-electron chi connectivity index (χ0n) is 18.5. The minimum absolute atomic E-state index is 0.185. The molecule has 2 aromatic carbocycles. The van der Waals surface area contributed by atoms with E-state index in [2.05, 4.69) is 20.4 Å². The van der Waals surface area contributed by atoms with Crippen LogP contribution in [0.15, 0.2) is 72.2 Å². The molecule has 5 rings (SSSR count). The van der Waals surface area contributed by atoms with Crippen LogP contribution in [0.4, 0.5) is 5.69 Å². The fraction of sp³-hybridized carbons (Fsp3) is 0.0833. The molecule has 11 heteroatoms. The number of nitrogens with zero attached hydrogens (tertiary/aromatic N) is 4. The standard InChI is InChI=1S/C24H20N6O3S2/c1-15-4-2-7-23(27-15)30-21(17-8-9-19-22(11-17)34-14-26-19)12-20(29-30)24(31)28-18-6-3-5-16(10-18)13-35(25,32)33/h2-12,14H,13H2,1H3,(H,28,31)(H2,25,32,33). The van der Waals surface area contributed by atoms with Gasteiger partial charge in [0, 0.05) is 16.9 Å². The number of primary sulfonamides is 1. The van der Waals surface area contributed by atoms with Crippen molar-refractivity contribution < 1.29 is 13.2 Å². The van der Waals surface area contributed by atoms with E-state index in [1.807, 2.05) is 43.3 Å². The number of rotatable bonds is 6. The highest BCUT2D eigenvalue weighted by molar-refractivity contribution is 7.88. The third kappa shape index (κ3) is 5.11. The molecule has 0 radical (unpaired) electrons. The number of carbonyl (C=O) groups is 1. The van der Waals surface area contributed by atoms with Crippen LogP contribution < -0.4 is 10.5 Å². The SMILES string of the molecule is Cc1cccc(-n2nc(C(=O)Nc3cccc(CS(N)(=O)=O)c3)cc2-c2ccc3ncsc3c2)n1. The maximum atomic E-state index is 13.1. The van der Waals surface area contributed by atoms with E-state index in [0.29, 0.717) is 22.8 Å². The lowest BCUT2D eigenvalue weighted by Crippen LogP contribution is -2.16. The molecule has 35 heavy (non-hydrogen) atoms. The highest BCUT2D eigenvalue weighted by Gasteiger charge is 2.19. The molecule has 0 fully saturated rings.